The second kappa shape index (κ2) is 3.73. The summed E-state index contributed by atoms with van der Waals surface area (Å²) in [6.45, 7) is 8.44. The highest BCUT2D eigenvalue weighted by Crippen LogP contribution is 2.38. The van der Waals surface area contributed by atoms with Gasteiger partial charge in [0, 0.05) is 11.8 Å². The van der Waals surface area contributed by atoms with Crippen LogP contribution in [0, 0.1) is 6.92 Å². The van der Waals surface area contributed by atoms with Crippen molar-refractivity contribution in [2.75, 3.05) is 0 Å². The lowest BCUT2D eigenvalue weighted by Crippen LogP contribution is -2.28. The number of carbonyl (C=O) groups excluding carboxylic acids is 1. The molecule has 0 aliphatic heterocycles. The van der Waals surface area contributed by atoms with Gasteiger partial charge < -0.3 is 0 Å². The molecule has 1 nitrogen and oxygen atoms in total. The third kappa shape index (κ3) is 1.68. The van der Waals surface area contributed by atoms with E-state index in [9.17, 15) is 4.79 Å². The molecule has 0 N–H and O–H groups in total. The van der Waals surface area contributed by atoms with Crippen LogP contribution in [-0.2, 0) is 10.2 Å². The summed E-state index contributed by atoms with van der Waals surface area (Å²) in [5.74, 6) is 0.880. The third-order valence-electron chi connectivity index (χ3n) is 3.91. The third-order valence-corrected chi connectivity index (χ3v) is 3.91. The average molecular weight is 216 g/mol. The Morgan fingerprint density at radius 2 is 2.00 bits per heavy atom. The van der Waals surface area contributed by atoms with E-state index in [4.69, 9.17) is 0 Å². The van der Waals surface area contributed by atoms with Crippen LogP contribution in [0.5, 0.6) is 0 Å². The Labute approximate surface area is 97.9 Å². The molecule has 1 aliphatic rings. The zero-order valence-corrected chi connectivity index (χ0v) is 10.6. The zero-order valence-electron chi connectivity index (χ0n) is 10.6. The largest absolute Gasteiger partial charge is 0.299 e. The molecule has 0 bridgehead atoms. The Kier molecular flexibility index (Phi) is 2.65. The molecule has 1 atom stereocenters. The Morgan fingerprint density at radius 3 is 2.69 bits per heavy atom. The Morgan fingerprint density at radius 1 is 1.31 bits per heavy atom. The van der Waals surface area contributed by atoms with Crippen molar-refractivity contribution in [3.63, 3.8) is 0 Å². The maximum Gasteiger partial charge on any atom is 0.142 e. The van der Waals surface area contributed by atoms with Gasteiger partial charge >= 0.3 is 0 Å². The lowest BCUT2D eigenvalue weighted by atomic mass is 9.77. The number of benzene rings is 1. The van der Waals surface area contributed by atoms with Gasteiger partial charge in [0.15, 0.2) is 0 Å². The van der Waals surface area contributed by atoms with Crippen molar-refractivity contribution in [1.82, 2.24) is 0 Å². The molecular weight excluding hydrogens is 196 g/mol. The van der Waals surface area contributed by atoms with Gasteiger partial charge in [-0.15, -0.1) is 0 Å². The van der Waals surface area contributed by atoms with Gasteiger partial charge in [-0.1, -0.05) is 30.7 Å². The highest BCUT2D eigenvalue weighted by molar-refractivity contribution is 5.90. The van der Waals surface area contributed by atoms with Gasteiger partial charge in [0.05, 0.1) is 0 Å². The molecule has 0 saturated carbocycles. The maximum absolute atomic E-state index is 12.2. The minimum absolute atomic E-state index is 0.313. The van der Waals surface area contributed by atoms with Crippen molar-refractivity contribution in [3.05, 3.63) is 34.9 Å². The summed E-state index contributed by atoms with van der Waals surface area (Å²) < 4.78 is 0. The van der Waals surface area contributed by atoms with Crippen LogP contribution in [-0.4, -0.2) is 5.78 Å². The molecule has 1 aromatic rings. The first-order valence-electron chi connectivity index (χ1n) is 6.07. The Hall–Kier alpha value is -1.11. The summed E-state index contributed by atoms with van der Waals surface area (Å²) in [6.07, 6.45) is 1.69. The number of hydrogen-bond acceptors (Lipinski definition) is 1. The summed E-state index contributed by atoms with van der Waals surface area (Å²) in [5.41, 5.74) is 3.53. The lowest BCUT2D eigenvalue weighted by Gasteiger charge is -2.25. The number of hydrogen-bond donors (Lipinski definition) is 0. The van der Waals surface area contributed by atoms with Gasteiger partial charge in [-0.25, -0.2) is 0 Å². The Balaban J connectivity index is 2.65. The van der Waals surface area contributed by atoms with E-state index in [0.717, 1.165) is 6.42 Å². The normalized spacial score (nSPS) is 23.8. The molecule has 0 amide bonds. The van der Waals surface area contributed by atoms with Crippen molar-refractivity contribution in [2.45, 2.75) is 51.9 Å². The quantitative estimate of drug-likeness (QED) is 0.604. The molecule has 2 rings (SSSR count). The molecule has 0 unspecified atom stereocenters. The van der Waals surface area contributed by atoms with E-state index in [1.54, 1.807) is 0 Å². The smallest absolute Gasteiger partial charge is 0.142 e. The van der Waals surface area contributed by atoms with Crippen LogP contribution in [0.3, 0.4) is 0 Å². The first kappa shape index (κ1) is 11.4. The topological polar surface area (TPSA) is 17.1 Å². The van der Waals surface area contributed by atoms with E-state index in [1.165, 1.54) is 16.7 Å². The predicted octanol–water partition coefficient (Wildman–Crippen LogP) is 3.74. The molecule has 0 radical (unpaired) electrons. The predicted molar refractivity (Wildman–Crippen MR) is 66.9 cm³/mol. The minimum Gasteiger partial charge on any atom is -0.299 e. The zero-order chi connectivity index (χ0) is 11.9. The van der Waals surface area contributed by atoms with Crippen LogP contribution in [0.1, 0.15) is 56.2 Å². The fourth-order valence-corrected chi connectivity index (χ4v) is 2.61. The molecule has 0 spiro atoms. The van der Waals surface area contributed by atoms with Crippen molar-refractivity contribution in [2.24, 2.45) is 0 Å². The molecule has 0 heterocycles. The van der Waals surface area contributed by atoms with E-state index in [-0.39, 0.29) is 5.41 Å². The van der Waals surface area contributed by atoms with Crippen LogP contribution in [0.25, 0.3) is 0 Å². The number of carbonyl (C=O) groups is 1. The number of Topliss-reactive ketones (excluding diaryl/α,β-unsaturated/α-hetero) is 1. The first-order chi connectivity index (χ1) is 7.43. The monoisotopic (exact) mass is 216 g/mol. The van der Waals surface area contributed by atoms with E-state index in [1.807, 2.05) is 0 Å². The van der Waals surface area contributed by atoms with Gasteiger partial charge in [-0.3, -0.25) is 4.79 Å². The molecule has 86 valence electrons. The van der Waals surface area contributed by atoms with Crippen molar-refractivity contribution in [3.8, 4) is 0 Å². The molecular formula is C15H20O. The molecule has 16 heavy (non-hydrogen) atoms. The number of ketones is 1. The number of aryl methyl sites for hydroxylation is 1. The van der Waals surface area contributed by atoms with Gasteiger partial charge in [0.25, 0.3) is 0 Å². The van der Waals surface area contributed by atoms with Gasteiger partial charge in [0.1, 0.15) is 5.78 Å². The van der Waals surface area contributed by atoms with Crippen LogP contribution >= 0.6 is 0 Å². The van der Waals surface area contributed by atoms with Crippen molar-refractivity contribution < 1.29 is 4.79 Å². The summed E-state index contributed by atoms with van der Waals surface area (Å²) in [6, 6.07) is 6.55. The first-order valence-corrected chi connectivity index (χ1v) is 6.07. The highest BCUT2D eigenvalue weighted by Gasteiger charge is 2.35. The van der Waals surface area contributed by atoms with E-state index < -0.39 is 0 Å². The SMILES string of the molecule is Cc1ccc2c(c1)C(C)(C)C(=O)CC[C@@H]2C. The van der Waals surface area contributed by atoms with Crippen molar-refractivity contribution in [1.29, 1.82) is 0 Å². The maximum atomic E-state index is 12.2. The second-order valence-electron chi connectivity index (χ2n) is 5.58. The average Bonchev–Trinajstić information content (AvgIpc) is 2.31. The van der Waals surface area contributed by atoms with Crippen LogP contribution in [0.4, 0.5) is 0 Å². The minimum atomic E-state index is -0.313. The summed E-state index contributed by atoms with van der Waals surface area (Å²) in [7, 11) is 0. The summed E-state index contributed by atoms with van der Waals surface area (Å²) >= 11 is 0. The van der Waals surface area contributed by atoms with Crippen LogP contribution in [0.2, 0.25) is 0 Å². The molecule has 0 saturated heterocycles. The Bertz CT molecular complexity index is 429. The fraction of sp³-hybridized carbons (Fsp3) is 0.533. The van der Waals surface area contributed by atoms with Crippen LogP contribution in [0.15, 0.2) is 18.2 Å². The van der Waals surface area contributed by atoms with E-state index in [2.05, 4.69) is 45.9 Å². The van der Waals surface area contributed by atoms with Crippen LogP contribution < -0.4 is 0 Å². The molecule has 1 aliphatic carbocycles. The van der Waals surface area contributed by atoms with Crippen molar-refractivity contribution >= 4 is 5.78 Å². The summed E-state index contributed by atoms with van der Waals surface area (Å²) in [5, 5.41) is 0. The standard InChI is InChI=1S/C15H20O/c1-10-5-7-12-11(2)6-8-14(16)15(3,4)13(12)9-10/h5,7,9,11H,6,8H2,1-4H3/t11-/m0/s1. The van der Waals surface area contributed by atoms with E-state index >= 15 is 0 Å². The van der Waals surface area contributed by atoms with E-state index in [0.29, 0.717) is 18.1 Å². The second-order valence-corrected chi connectivity index (χ2v) is 5.58. The highest BCUT2D eigenvalue weighted by atomic mass is 16.1. The number of rotatable bonds is 0. The molecule has 0 aromatic heterocycles. The van der Waals surface area contributed by atoms with Gasteiger partial charge in [-0.2, -0.15) is 0 Å². The molecule has 1 aromatic carbocycles. The van der Waals surface area contributed by atoms with Gasteiger partial charge in [-0.05, 0) is 44.2 Å². The molecule has 0 fully saturated rings. The summed E-state index contributed by atoms with van der Waals surface area (Å²) in [4.78, 5) is 12.2. The fourth-order valence-electron chi connectivity index (χ4n) is 2.61. The molecule has 1 heteroatoms. The lowest BCUT2D eigenvalue weighted by molar-refractivity contribution is -0.123. The van der Waals surface area contributed by atoms with Gasteiger partial charge in [0.2, 0.25) is 0 Å². The number of fused-ring (bicyclic) bond motifs is 1.